The summed E-state index contributed by atoms with van der Waals surface area (Å²) in [6.07, 6.45) is 0.665. The monoisotopic (exact) mass is 292 g/mol. The maximum absolute atomic E-state index is 11.0. The topological polar surface area (TPSA) is 111 Å². The molecule has 0 aliphatic rings. The first-order valence-corrected chi connectivity index (χ1v) is 6.71. The number of aromatic nitrogens is 1. The number of amides is 1. The number of anilines is 1. The third-order valence-electron chi connectivity index (χ3n) is 2.66. The zero-order chi connectivity index (χ0) is 14.5. The Morgan fingerprint density at radius 2 is 2.30 bits per heavy atom. The van der Waals surface area contributed by atoms with Gasteiger partial charge >= 0.3 is 0 Å². The van der Waals surface area contributed by atoms with Crippen molar-refractivity contribution in [3.05, 3.63) is 50.5 Å². The van der Waals surface area contributed by atoms with Crippen LogP contribution < -0.4 is 11.1 Å². The van der Waals surface area contributed by atoms with Gasteiger partial charge in [0.05, 0.1) is 16.1 Å². The average molecular weight is 292 g/mol. The molecular weight excluding hydrogens is 280 g/mol. The van der Waals surface area contributed by atoms with Gasteiger partial charge in [-0.25, -0.2) is 4.98 Å². The van der Waals surface area contributed by atoms with E-state index < -0.39 is 10.8 Å². The smallest absolute Gasteiger partial charge is 0.293 e. The van der Waals surface area contributed by atoms with Crippen LogP contribution in [-0.4, -0.2) is 22.4 Å². The highest BCUT2D eigenvalue weighted by atomic mass is 32.1. The van der Waals surface area contributed by atoms with Crippen LogP contribution in [0.25, 0.3) is 0 Å². The van der Waals surface area contributed by atoms with Crippen LogP contribution in [0.2, 0.25) is 0 Å². The molecule has 0 bridgehead atoms. The Morgan fingerprint density at radius 1 is 1.50 bits per heavy atom. The fraction of sp³-hybridized carbons (Fsp3) is 0.167. The minimum absolute atomic E-state index is 0.113. The Morgan fingerprint density at radius 3 is 2.90 bits per heavy atom. The lowest BCUT2D eigenvalue weighted by molar-refractivity contribution is -0.384. The molecule has 0 unspecified atom stereocenters. The SMILES string of the molecule is NC(=O)c1ccc(NCCc2cscn2)c([N+](=O)[O-])c1. The molecule has 0 atom stereocenters. The molecule has 8 heteroatoms. The van der Waals surface area contributed by atoms with Crippen LogP contribution in [0.4, 0.5) is 11.4 Å². The van der Waals surface area contributed by atoms with Gasteiger partial charge in [-0.05, 0) is 12.1 Å². The third-order valence-corrected chi connectivity index (χ3v) is 3.29. The van der Waals surface area contributed by atoms with E-state index in [4.69, 9.17) is 5.73 Å². The first-order valence-electron chi connectivity index (χ1n) is 5.77. The van der Waals surface area contributed by atoms with Crippen LogP contribution in [0.15, 0.2) is 29.1 Å². The number of carbonyl (C=O) groups excluding carboxylic acids is 1. The third kappa shape index (κ3) is 3.29. The fourth-order valence-corrected chi connectivity index (χ4v) is 2.26. The van der Waals surface area contributed by atoms with Crippen LogP contribution in [-0.2, 0) is 6.42 Å². The highest BCUT2D eigenvalue weighted by molar-refractivity contribution is 7.07. The molecule has 0 fully saturated rings. The van der Waals surface area contributed by atoms with Gasteiger partial charge in [-0.15, -0.1) is 11.3 Å². The predicted molar refractivity (Wildman–Crippen MR) is 75.9 cm³/mol. The lowest BCUT2D eigenvalue weighted by atomic mass is 10.1. The first-order chi connectivity index (χ1) is 9.58. The van der Waals surface area contributed by atoms with E-state index in [9.17, 15) is 14.9 Å². The second-order valence-corrected chi connectivity index (χ2v) is 4.73. The zero-order valence-electron chi connectivity index (χ0n) is 10.4. The molecule has 0 radical (unpaired) electrons. The molecule has 0 saturated carbocycles. The number of nitrogens with one attached hydrogen (secondary N) is 1. The van der Waals surface area contributed by atoms with Crippen molar-refractivity contribution in [2.24, 2.45) is 5.73 Å². The number of rotatable bonds is 6. The summed E-state index contributed by atoms with van der Waals surface area (Å²) in [4.78, 5) is 25.6. The van der Waals surface area contributed by atoms with Gasteiger partial charge in [0, 0.05) is 30.0 Å². The average Bonchev–Trinajstić information content (AvgIpc) is 2.91. The maximum atomic E-state index is 11.0. The minimum atomic E-state index is -0.692. The molecule has 2 rings (SSSR count). The maximum Gasteiger partial charge on any atom is 0.293 e. The molecule has 104 valence electrons. The predicted octanol–water partition coefficient (Wildman–Crippen LogP) is 1.80. The van der Waals surface area contributed by atoms with Gasteiger partial charge in [0.15, 0.2) is 0 Å². The summed E-state index contributed by atoms with van der Waals surface area (Å²) in [5.74, 6) is -0.692. The van der Waals surface area contributed by atoms with E-state index >= 15 is 0 Å². The zero-order valence-corrected chi connectivity index (χ0v) is 11.2. The number of nitrogens with two attached hydrogens (primary N) is 1. The van der Waals surface area contributed by atoms with Crippen molar-refractivity contribution < 1.29 is 9.72 Å². The second kappa shape index (κ2) is 6.11. The molecule has 1 aromatic heterocycles. The Balaban J connectivity index is 2.10. The van der Waals surface area contributed by atoms with Crippen LogP contribution in [0.1, 0.15) is 16.1 Å². The van der Waals surface area contributed by atoms with Crippen molar-refractivity contribution in [1.82, 2.24) is 4.98 Å². The largest absolute Gasteiger partial charge is 0.379 e. The van der Waals surface area contributed by atoms with E-state index in [0.29, 0.717) is 18.7 Å². The van der Waals surface area contributed by atoms with Gasteiger partial charge in [0.1, 0.15) is 5.69 Å². The number of hydrogen-bond donors (Lipinski definition) is 2. The molecule has 0 aliphatic heterocycles. The number of nitrogens with zero attached hydrogens (tertiary/aromatic N) is 2. The molecular formula is C12H12N4O3S. The summed E-state index contributed by atoms with van der Waals surface area (Å²) in [5, 5.41) is 15.9. The fourth-order valence-electron chi connectivity index (χ4n) is 1.67. The summed E-state index contributed by atoms with van der Waals surface area (Å²) in [5.41, 5.74) is 8.08. The number of nitro groups is 1. The molecule has 2 aromatic rings. The summed E-state index contributed by atoms with van der Waals surface area (Å²) < 4.78 is 0. The van der Waals surface area contributed by atoms with Gasteiger partial charge in [-0.1, -0.05) is 0 Å². The van der Waals surface area contributed by atoms with Crippen LogP contribution >= 0.6 is 11.3 Å². The van der Waals surface area contributed by atoms with Crippen molar-refractivity contribution in [3.8, 4) is 0 Å². The summed E-state index contributed by atoms with van der Waals surface area (Å²) in [7, 11) is 0. The van der Waals surface area contributed by atoms with E-state index in [1.807, 2.05) is 5.38 Å². The van der Waals surface area contributed by atoms with Crippen LogP contribution in [0, 0.1) is 10.1 Å². The minimum Gasteiger partial charge on any atom is -0.379 e. The number of carbonyl (C=O) groups is 1. The molecule has 1 aromatic carbocycles. The van der Waals surface area contributed by atoms with E-state index in [1.54, 1.807) is 5.51 Å². The van der Waals surface area contributed by atoms with Gasteiger partial charge < -0.3 is 11.1 Å². The normalized spacial score (nSPS) is 10.2. The molecule has 0 spiro atoms. The van der Waals surface area contributed by atoms with E-state index in [0.717, 1.165) is 5.69 Å². The molecule has 7 nitrogen and oxygen atoms in total. The summed E-state index contributed by atoms with van der Waals surface area (Å²) in [6, 6.07) is 4.12. The van der Waals surface area contributed by atoms with Crippen molar-refractivity contribution in [2.45, 2.75) is 6.42 Å². The standard InChI is InChI=1S/C12H12N4O3S/c13-12(17)8-1-2-10(11(5-8)16(18)19)14-4-3-9-6-20-7-15-9/h1-2,5-7,14H,3-4H2,(H2,13,17). The Hall–Kier alpha value is -2.48. The Kier molecular flexibility index (Phi) is 4.26. The highest BCUT2D eigenvalue weighted by Crippen LogP contribution is 2.25. The Labute approximate surface area is 118 Å². The first kappa shape index (κ1) is 13.9. The van der Waals surface area contributed by atoms with E-state index in [1.165, 1.54) is 29.5 Å². The molecule has 1 heterocycles. The summed E-state index contributed by atoms with van der Waals surface area (Å²) >= 11 is 1.50. The molecule has 20 heavy (non-hydrogen) atoms. The van der Waals surface area contributed by atoms with Crippen LogP contribution in [0.5, 0.6) is 0 Å². The lowest BCUT2D eigenvalue weighted by Crippen LogP contribution is -2.12. The lowest BCUT2D eigenvalue weighted by Gasteiger charge is -2.07. The van der Waals surface area contributed by atoms with Gasteiger partial charge in [-0.3, -0.25) is 14.9 Å². The van der Waals surface area contributed by atoms with Crippen molar-refractivity contribution in [1.29, 1.82) is 0 Å². The molecule has 0 saturated heterocycles. The van der Waals surface area contributed by atoms with Crippen molar-refractivity contribution >= 4 is 28.6 Å². The van der Waals surface area contributed by atoms with Gasteiger partial charge in [0.25, 0.3) is 5.69 Å². The van der Waals surface area contributed by atoms with Crippen molar-refractivity contribution in [3.63, 3.8) is 0 Å². The molecule has 3 N–H and O–H groups in total. The second-order valence-electron chi connectivity index (χ2n) is 4.01. The number of thiazole rings is 1. The van der Waals surface area contributed by atoms with Gasteiger partial charge in [0.2, 0.25) is 5.91 Å². The Bertz CT molecular complexity index is 628. The number of nitro benzene ring substituents is 1. The molecule has 1 amide bonds. The number of primary amides is 1. The molecule has 0 aliphatic carbocycles. The van der Waals surface area contributed by atoms with E-state index in [2.05, 4.69) is 10.3 Å². The number of benzene rings is 1. The quantitative estimate of drug-likeness (QED) is 0.623. The van der Waals surface area contributed by atoms with Gasteiger partial charge in [-0.2, -0.15) is 0 Å². The van der Waals surface area contributed by atoms with Crippen molar-refractivity contribution in [2.75, 3.05) is 11.9 Å². The number of hydrogen-bond acceptors (Lipinski definition) is 6. The highest BCUT2D eigenvalue weighted by Gasteiger charge is 2.16. The summed E-state index contributed by atoms with van der Waals surface area (Å²) in [6.45, 7) is 0.514. The van der Waals surface area contributed by atoms with E-state index in [-0.39, 0.29) is 11.3 Å². The van der Waals surface area contributed by atoms with Crippen LogP contribution in [0.3, 0.4) is 0 Å².